The molecular weight excluding hydrogens is 260 g/mol. The number of hydrogen-bond donors (Lipinski definition) is 2. The lowest BCUT2D eigenvalue weighted by Gasteiger charge is -2.20. The molecule has 1 aliphatic heterocycles. The lowest BCUT2D eigenvalue weighted by Crippen LogP contribution is -2.25. The van der Waals surface area contributed by atoms with Crippen LogP contribution in [0.15, 0.2) is 11.4 Å². The molecule has 3 atom stereocenters. The molecule has 3 N–H and O–H groups in total. The van der Waals surface area contributed by atoms with Crippen LogP contribution < -0.4 is 10.6 Å². The van der Waals surface area contributed by atoms with Crippen molar-refractivity contribution in [2.45, 2.75) is 18.9 Å². The summed E-state index contributed by atoms with van der Waals surface area (Å²) in [5.74, 6) is 2.26. The number of aliphatic hydroxyl groups excluding tert-OH is 1. The molecule has 2 aliphatic rings. The summed E-state index contributed by atoms with van der Waals surface area (Å²) in [6.07, 6.45) is 1.92. The van der Waals surface area contributed by atoms with Crippen molar-refractivity contribution in [2.24, 2.45) is 11.8 Å². The molecule has 100 valence electrons. The fourth-order valence-corrected chi connectivity index (χ4v) is 4.27. The summed E-state index contributed by atoms with van der Waals surface area (Å²) in [4.78, 5) is 11.9. The number of fused-ring (bicyclic) bond motifs is 2. The van der Waals surface area contributed by atoms with Crippen LogP contribution in [0.4, 0.5) is 11.8 Å². The van der Waals surface area contributed by atoms with Gasteiger partial charge in [-0.05, 0) is 30.2 Å². The van der Waals surface area contributed by atoms with Crippen LogP contribution >= 0.6 is 11.3 Å². The summed E-state index contributed by atoms with van der Waals surface area (Å²) in [7, 11) is 0. The van der Waals surface area contributed by atoms with Gasteiger partial charge in [0.15, 0.2) is 0 Å². The quantitative estimate of drug-likeness (QED) is 0.825. The first kappa shape index (κ1) is 11.4. The molecule has 1 saturated carbocycles. The van der Waals surface area contributed by atoms with Crippen LogP contribution in [0.1, 0.15) is 12.8 Å². The van der Waals surface area contributed by atoms with Crippen molar-refractivity contribution in [1.82, 2.24) is 9.97 Å². The van der Waals surface area contributed by atoms with E-state index in [0.717, 1.165) is 42.0 Å². The lowest BCUT2D eigenvalue weighted by atomic mass is 10.00. The summed E-state index contributed by atoms with van der Waals surface area (Å²) in [6, 6.07) is 2.05. The molecule has 6 heteroatoms. The predicted octanol–water partition coefficient (Wildman–Crippen LogP) is 1.48. The van der Waals surface area contributed by atoms with Crippen molar-refractivity contribution in [2.75, 3.05) is 23.7 Å². The maximum atomic E-state index is 10.0. The molecule has 3 unspecified atom stereocenters. The lowest BCUT2D eigenvalue weighted by molar-refractivity contribution is 0.133. The van der Waals surface area contributed by atoms with Crippen LogP contribution in [0.25, 0.3) is 10.2 Å². The van der Waals surface area contributed by atoms with E-state index in [1.54, 1.807) is 11.3 Å². The second kappa shape index (κ2) is 4.05. The number of nitrogen functional groups attached to an aromatic ring is 1. The normalized spacial score (nSPS) is 30.2. The Morgan fingerprint density at radius 2 is 2.21 bits per heavy atom. The van der Waals surface area contributed by atoms with Gasteiger partial charge in [-0.3, -0.25) is 0 Å². The Morgan fingerprint density at radius 3 is 3.05 bits per heavy atom. The highest BCUT2D eigenvalue weighted by Gasteiger charge is 2.42. The van der Waals surface area contributed by atoms with Crippen molar-refractivity contribution in [3.63, 3.8) is 0 Å². The first-order valence-electron chi connectivity index (χ1n) is 6.66. The summed E-state index contributed by atoms with van der Waals surface area (Å²) >= 11 is 1.59. The predicted molar refractivity (Wildman–Crippen MR) is 76.3 cm³/mol. The van der Waals surface area contributed by atoms with Crippen molar-refractivity contribution < 1.29 is 5.11 Å². The van der Waals surface area contributed by atoms with E-state index in [2.05, 4.69) is 20.9 Å². The number of rotatable bonds is 1. The van der Waals surface area contributed by atoms with Crippen LogP contribution in [0, 0.1) is 11.8 Å². The van der Waals surface area contributed by atoms with Gasteiger partial charge in [-0.25, -0.2) is 4.98 Å². The van der Waals surface area contributed by atoms with E-state index in [-0.39, 0.29) is 6.10 Å². The molecule has 2 aromatic rings. The van der Waals surface area contributed by atoms with E-state index < -0.39 is 0 Å². The number of anilines is 2. The topological polar surface area (TPSA) is 75.3 Å². The molecule has 0 bridgehead atoms. The minimum absolute atomic E-state index is 0.146. The zero-order valence-corrected chi connectivity index (χ0v) is 11.3. The molecule has 1 saturated heterocycles. The van der Waals surface area contributed by atoms with E-state index in [0.29, 0.717) is 17.8 Å². The van der Waals surface area contributed by atoms with Crippen LogP contribution in [0.2, 0.25) is 0 Å². The van der Waals surface area contributed by atoms with E-state index in [4.69, 9.17) is 5.73 Å². The zero-order valence-electron chi connectivity index (χ0n) is 10.5. The van der Waals surface area contributed by atoms with Gasteiger partial charge in [0.1, 0.15) is 10.6 Å². The molecule has 19 heavy (non-hydrogen) atoms. The Morgan fingerprint density at radius 1 is 1.32 bits per heavy atom. The van der Waals surface area contributed by atoms with E-state index in [1.165, 1.54) is 0 Å². The Bertz CT molecular complexity index is 628. The summed E-state index contributed by atoms with van der Waals surface area (Å²) < 4.78 is 0. The largest absolute Gasteiger partial charge is 0.393 e. The highest BCUT2D eigenvalue weighted by molar-refractivity contribution is 7.16. The van der Waals surface area contributed by atoms with Gasteiger partial charge in [0.05, 0.1) is 11.5 Å². The van der Waals surface area contributed by atoms with E-state index in [1.807, 2.05) is 5.38 Å². The van der Waals surface area contributed by atoms with Gasteiger partial charge in [0.25, 0.3) is 0 Å². The van der Waals surface area contributed by atoms with Crippen molar-refractivity contribution in [1.29, 1.82) is 0 Å². The number of nitrogens with zero attached hydrogens (tertiary/aromatic N) is 3. The Hall–Kier alpha value is -1.40. The van der Waals surface area contributed by atoms with Gasteiger partial charge >= 0.3 is 0 Å². The van der Waals surface area contributed by atoms with Gasteiger partial charge in [-0.2, -0.15) is 4.98 Å². The fourth-order valence-electron chi connectivity index (χ4n) is 3.51. The molecule has 0 aromatic carbocycles. The molecule has 0 amide bonds. The Kier molecular flexibility index (Phi) is 2.43. The maximum absolute atomic E-state index is 10.0. The van der Waals surface area contributed by atoms with Gasteiger partial charge in [0.2, 0.25) is 5.95 Å². The first-order chi connectivity index (χ1) is 9.22. The maximum Gasteiger partial charge on any atom is 0.223 e. The number of nitrogens with two attached hydrogens (primary N) is 1. The third kappa shape index (κ3) is 1.70. The number of aliphatic hydroxyl groups is 1. The number of hydrogen-bond acceptors (Lipinski definition) is 6. The zero-order chi connectivity index (χ0) is 13.0. The highest BCUT2D eigenvalue weighted by atomic mass is 32.1. The van der Waals surface area contributed by atoms with Crippen LogP contribution in [0.5, 0.6) is 0 Å². The average molecular weight is 276 g/mol. The van der Waals surface area contributed by atoms with Gasteiger partial charge in [-0.1, -0.05) is 0 Å². The third-order valence-corrected chi connectivity index (χ3v) is 5.25. The molecule has 1 aliphatic carbocycles. The summed E-state index contributed by atoms with van der Waals surface area (Å²) in [5, 5.41) is 13.1. The minimum Gasteiger partial charge on any atom is -0.393 e. The molecule has 5 nitrogen and oxygen atoms in total. The monoisotopic (exact) mass is 276 g/mol. The van der Waals surface area contributed by atoms with Crippen molar-refractivity contribution in [3.8, 4) is 0 Å². The second-order valence-electron chi connectivity index (χ2n) is 5.52. The molecular formula is C13H16N4OS. The standard InChI is InChI=1S/C13H16N4OS/c14-13-15-11(8-3-4-19-12(8)16-13)17-5-7-1-2-10(18)9(7)6-17/h3-4,7,9-10,18H,1-2,5-6H2,(H2,14,15,16). The molecule has 0 spiro atoms. The molecule has 2 aromatic heterocycles. The summed E-state index contributed by atoms with van der Waals surface area (Å²) in [6.45, 7) is 1.86. The smallest absolute Gasteiger partial charge is 0.223 e. The molecule has 0 radical (unpaired) electrons. The number of aromatic nitrogens is 2. The minimum atomic E-state index is -0.146. The first-order valence-corrected chi connectivity index (χ1v) is 7.54. The van der Waals surface area contributed by atoms with Crippen molar-refractivity contribution in [3.05, 3.63) is 11.4 Å². The molecule has 2 fully saturated rings. The fraction of sp³-hybridized carbons (Fsp3) is 0.538. The molecule has 3 heterocycles. The van der Waals surface area contributed by atoms with E-state index >= 15 is 0 Å². The van der Waals surface area contributed by atoms with Crippen LogP contribution in [-0.4, -0.2) is 34.3 Å². The SMILES string of the molecule is Nc1nc(N2CC3CCC(O)C3C2)c2ccsc2n1. The average Bonchev–Trinajstić information content (AvgIpc) is 3.05. The van der Waals surface area contributed by atoms with Gasteiger partial charge < -0.3 is 15.7 Å². The summed E-state index contributed by atoms with van der Waals surface area (Å²) in [5.41, 5.74) is 5.80. The van der Waals surface area contributed by atoms with Crippen LogP contribution in [-0.2, 0) is 0 Å². The van der Waals surface area contributed by atoms with Crippen molar-refractivity contribution >= 4 is 33.3 Å². The van der Waals surface area contributed by atoms with Crippen LogP contribution in [0.3, 0.4) is 0 Å². The Balaban J connectivity index is 1.74. The van der Waals surface area contributed by atoms with Gasteiger partial charge in [0, 0.05) is 19.0 Å². The van der Waals surface area contributed by atoms with Gasteiger partial charge in [-0.15, -0.1) is 11.3 Å². The Labute approximate surface area is 115 Å². The highest BCUT2D eigenvalue weighted by Crippen LogP contribution is 2.41. The second-order valence-corrected chi connectivity index (χ2v) is 6.41. The molecule has 4 rings (SSSR count). The van der Waals surface area contributed by atoms with E-state index in [9.17, 15) is 5.11 Å². The number of thiophene rings is 1. The third-order valence-electron chi connectivity index (χ3n) is 4.44.